The molecule has 192 valence electrons. The summed E-state index contributed by atoms with van der Waals surface area (Å²) in [6.07, 6.45) is 0. The summed E-state index contributed by atoms with van der Waals surface area (Å²) in [4.78, 5) is 12.3. The second kappa shape index (κ2) is 10.7. The van der Waals surface area contributed by atoms with E-state index in [-0.39, 0.29) is 6.04 Å². The molecule has 0 radical (unpaired) electrons. The fourth-order valence-corrected chi connectivity index (χ4v) is 6.19. The third-order valence-corrected chi connectivity index (χ3v) is 9.07. The fourth-order valence-electron chi connectivity index (χ4n) is 4.50. The van der Waals surface area contributed by atoms with Gasteiger partial charge in [-0.2, -0.15) is 4.31 Å². The number of anilines is 2. The first-order valence-corrected chi connectivity index (χ1v) is 14.3. The number of fused-ring (bicyclic) bond motifs is 1. The molecule has 5 rings (SSSR count). The molecular formula is C27H28BrN5O3S. The van der Waals surface area contributed by atoms with E-state index < -0.39 is 10.0 Å². The van der Waals surface area contributed by atoms with Crippen LogP contribution >= 0.6 is 15.9 Å². The van der Waals surface area contributed by atoms with E-state index in [2.05, 4.69) is 33.1 Å². The van der Waals surface area contributed by atoms with Crippen LogP contribution in [-0.4, -0.2) is 60.9 Å². The van der Waals surface area contributed by atoms with E-state index in [9.17, 15) is 8.42 Å². The second-order valence-corrected chi connectivity index (χ2v) is 11.7. The predicted octanol–water partition coefficient (Wildman–Crippen LogP) is 5.21. The number of hydrogen-bond donors (Lipinski definition) is 1. The predicted molar refractivity (Wildman–Crippen MR) is 149 cm³/mol. The van der Waals surface area contributed by atoms with Crippen molar-refractivity contribution in [1.29, 1.82) is 0 Å². The van der Waals surface area contributed by atoms with E-state index in [1.807, 2.05) is 48.5 Å². The first kappa shape index (κ1) is 25.6. The van der Waals surface area contributed by atoms with Crippen LogP contribution in [0.1, 0.15) is 18.8 Å². The van der Waals surface area contributed by atoms with E-state index in [1.54, 1.807) is 35.7 Å². The maximum Gasteiger partial charge on any atom is 0.243 e. The van der Waals surface area contributed by atoms with Crippen LogP contribution in [0.4, 0.5) is 11.5 Å². The van der Waals surface area contributed by atoms with E-state index in [4.69, 9.17) is 14.7 Å². The molecule has 4 aromatic rings. The van der Waals surface area contributed by atoms with Crippen molar-refractivity contribution >= 4 is 48.4 Å². The Morgan fingerprint density at radius 3 is 2.32 bits per heavy atom. The maximum atomic E-state index is 13.1. The molecule has 3 aromatic carbocycles. The molecule has 1 aliphatic heterocycles. The first-order valence-electron chi connectivity index (χ1n) is 12.0. The Morgan fingerprint density at radius 1 is 0.919 bits per heavy atom. The molecule has 2 heterocycles. The normalized spacial score (nSPS) is 16.0. The zero-order valence-corrected chi connectivity index (χ0v) is 23.0. The largest absolute Gasteiger partial charge is 0.495 e. The first-order chi connectivity index (χ1) is 17.9. The van der Waals surface area contributed by atoms with Crippen molar-refractivity contribution in [2.45, 2.75) is 17.9 Å². The highest BCUT2D eigenvalue weighted by Gasteiger charge is 2.31. The zero-order chi connectivity index (χ0) is 26.0. The van der Waals surface area contributed by atoms with Crippen LogP contribution in [0.25, 0.3) is 10.9 Å². The molecule has 0 bridgehead atoms. The lowest BCUT2D eigenvalue weighted by molar-refractivity contribution is 0.141. The van der Waals surface area contributed by atoms with Crippen LogP contribution in [0.15, 0.2) is 82.2 Å². The molecule has 1 N–H and O–H groups in total. The summed E-state index contributed by atoms with van der Waals surface area (Å²) < 4.78 is 34.1. The van der Waals surface area contributed by atoms with Crippen molar-refractivity contribution in [1.82, 2.24) is 19.2 Å². The van der Waals surface area contributed by atoms with Crippen LogP contribution in [0.2, 0.25) is 0 Å². The van der Waals surface area contributed by atoms with Crippen LogP contribution in [0, 0.1) is 0 Å². The topological polar surface area (TPSA) is 87.7 Å². The maximum absolute atomic E-state index is 13.1. The summed E-state index contributed by atoms with van der Waals surface area (Å²) in [7, 11) is -1.90. The average Bonchev–Trinajstić information content (AvgIpc) is 2.93. The molecule has 1 aromatic heterocycles. The minimum Gasteiger partial charge on any atom is -0.495 e. The molecule has 10 heteroatoms. The molecule has 1 unspecified atom stereocenters. The standard InChI is InChI=1S/C27H28BrN5O3S/c1-19(32-15-17-33(18-16-32)37(34,35)21-13-11-20(28)12-14-21)26-29-23-8-4-3-7-22(23)27(31-26)30-24-9-5-6-10-25(24)36-2/h3-14,19H,15-18H2,1-2H3,(H,29,30,31). The van der Waals surface area contributed by atoms with Gasteiger partial charge in [-0.3, -0.25) is 4.90 Å². The Hall–Kier alpha value is -3.05. The van der Waals surface area contributed by atoms with Gasteiger partial charge < -0.3 is 10.1 Å². The van der Waals surface area contributed by atoms with Gasteiger partial charge in [-0.05, 0) is 55.5 Å². The van der Waals surface area contributed by atoms with E-state index in [0.717, 1.165) is 26.8 Å². The highest BCUT2D eigenvalue weighted by Crippen LogP contribution is 2.31. The van der Waals surface area contributed by atoms with Gasteiger partial charge in [0.1, 0.15) is 17.4 Å². The minimum absolute atomic E-state index is 0.0969. The van der Waals surface area contributed by atoms with Gasteiger partial charge in [0, 0.05) is 36.0 Å². The van der Waals surface area contributed by atoms with Crippen molar-refractivity contribution in [3.8, 4) is 5.75 Å². The van der Waals surface area contributed by atoms with Crippen molar-refractivity contribution < 1.29 is 13.2 Å². The minimum atomic E-state index is -3.54. The monoisotopic (exact) mass is 581 g/mol. The Kier molecular flexibility index (Phi) is 7.43. The number of para-hydroxylation sites is 3. The Morgan fingerprint density at radius 2 is 1.59 bits per heavy atom. The molecule has 1 saturated heterocycles. The molecule has 1 atom stereocenters. The SMILES string of the molecule is COc1ccccc1Nc1nc(C(C)N2CCN(S(=O)(=O)c3ccc(Br)cc3)CC2)nc2ccccc12. The van der Waals surface area contributed by atoms with Gasteiger partial charge in [-0.1, -0.05) is 40.2 Å². The van der Waals surface area contributed by atoms with Crippen LogP contribution in [0.3, 0.4) is 0 Å². The van der Waals surface area contributed by atoms with Crippen LogP contribution < -0.4 is 10.1 Å². The highest BCUT2D eigenvalue weighted by molar-refractivity contribution is 9.10. The number of benzene rings is 3. The summed E-state index contributed by atoms with van der Waals surface area (Å²) in [5, 5.41) is 4.34. The molecule has 0 spiro atoms. The molecule has 1 fully saturated rings. The summed E-state index contributed by atoms with van der Waals surface area (Å²) in [6.45, 7) is 4.05. The fraction of sp³-hybridized carbons (Fsp3) is 0.259. The molecule has 1 aliphatic rings. The Balaban J connectivity index is 1.37. The number of sulfonamides is 1. The van der Waals surface area contributed by atoms with Crippen molar-refractivity contribution in [2.75, 3.05) is 38.6 Å². The number of ether oxygens (including phenoxy) is 1. The molecule has 8 nitrogen and oxygen atoms in total. The summed E-state index contributed by atoms with van der Waals surface area (Å²) >= 11 is 3.36. The van der Waals surface area contributed by atoms with Gasteiger partial charge >= 0.3 is 0 Å². The van der Waals surface area contributed by atoms with E-state index in [0.29, 0.717) is 42.7 Å². The number of nitrogens with one attached hydrogen (secondary N) is 1. The summed E-state index contributed by atoms with van der Waals surface area (Å²) in [5.74, 6) is 2.11. The number of methoxy groups -OCH3 is 1. The highest BCUT2D eigenvalue weighted by atomic mass is 79.9. The number of nitrogens with zero attached hydrogens (tertiary/aromatic N) is 4. The molecule has 0 amide bonds. The zero-order valence-electron chi connectivity index (χ0n) is 20.6. The van der Waals surface area contributed by atoms with E-state index in [1.165, 1.54) is 0 Å². The number of hydrogen-bond acceptors (Lipinski definition) is 7. The van der Waals surface area contributed by atoms with Gasteiger partial charge in [0.25, 0.3) is 0 Å². The van der Waals surface area contributed by atoms with E-state index >= 15 is 0 Å². The van der Waals surface area contributed by atoms with Crippen molar-refractivity contribution in [2.24, 2.45) is 0 Å². The third kappa shape index (κ3) is 5.33. The smallest absolute Gasteiger partial charge is 0.243 e. The van der Waals surface area contributed by atoms with Crippen molar-refractivity contribution in [3.05, 3.63) is 83.1 Å². The van der Waals surface area contributed by atoms with Crippen LogP contribution in [-0.2, 0) is 10.0 Å². The number of rotatable bonds is 7. The number of aromatic nitrogens is 2. The van der Waals surface area contributed by atoms with Crippen molar-refractivity contribution in [3.63, 3.8) is 0 Å². The number of halogens is 1. The summed E-state index contributed by atoms with van der Waals surface area (Å²) in [6, 6.07) is 22.3. The molecular weight excluding hydrogens is 554 g/mol. The second-order valence-electron chi connectivity index (χ2n) is 8.84. The van der Waals surface area contributed by atoms with Gasteiger partial charge in [-0.25, -0.2) is 18.4 Å². The molecule has 37 heavy (non-hydrogen) atoms. The Labute approximate surface area is 225 Å². The van der Waals surface area contributed by atoms with Gasteiger partial charge in [0.05, 0.1) is 29.3 Å². The average molecular weight is 583 g/mol. The third-order valence-electron chi connectivity index (χ3n) is 6.63. The molecule has 0 aliphatic carbocycles. The number of piperazine rings is 1. The lowest BCUT2D eigenvalue weighted by atomic mass is 10.2. The van der Waals surface area contributed by atoms with Gasteiger partial charge in [-0.15, -0.1) is 0 Å². The summed E-state index contributed by atoms with van der Waals surface area (Å²) in [5.41, 5.74) is 1.66. The van der Waals surface area contributed by atoms with Gasteiger partial charge in [0.2, 0.25) is 10.0 Å². The quantitative estimate of drug-likeness (QED) is 0.320. The molecule has 0 saturated carbocycles. The van der Waals surface area contributed by atoms with Crippen LogP contribution in [0.5, 0.6) is 5.75 Å². The Bertz CT molecular complexity index is 1510. The van der Waals surface area contributed by atoms with Gasteiger partial charge in [0.15, 0.2) is 0 Å². The lowest BCUT2D eigenvalue weighted by Gasteiger charge is -2.36. The lowest BCUT2D eigenvalue weighted by Crippen LogP contribution is -2.49.